The number of ether oxygens (including phenoxy) is 2. The van der Waals surface area contributed by atoms with E-state index in [9.17, 15) is 14.4 Å². The van der Waals surface area contributed by atoms with Gasteiger partial charge in [-0.15, -0.1) is 11.3 Å². The van der Waals surface area contributed by atoms with Crippen LogP contribution in [-0.4, -0.2) is 47.5 Å². The molecule has 2 aliphatic heterocycles. The first kappa shape index (κ1) is 22.9. The lowest BCUT2D eigenvalue weighted by atomic mass is 9.91. The lowest BCUT2D eigenvalue weighted by molar-refractivity contribution is -0.133. The maximum Gasteiger partial charge on any atom is 0.325 e. The van der Waals surface area contributed by atoms with Crippen LogP contribution in [-0.2, 0) is 15.1 Å². The molecular weight excluding hydrogens is 468 g/mol. The summed E-state index contributed by atoms with van der Waals surface area (Å²) in [5.74, 6) is 0.120. The summed E-state index contributed by atoms with van der Waals surface area (Å²) in [6, 6.07) is 11.8. The molecule has 5 rings (SSSR count). The van der Waals surface area contributed by atoms with Crippen LogP contribution in [0.4, 0.5) is 10.5 Å². The number of imide groups is 1. The second-order valence-electron chi connectivity index (χ2n) is 8.54. The molecule has 10 heteroatoms. The van der Waals surface area contributed by atoms with Crippen molar-refractivity contribution in [1.82, 2.24) is 15.2 Å². The molecular formula is C25H24N4O5S. The quantitative estimate of drug-likeness (QED) is 0.526. The van der Waals surface area contributed by atoms with Gasteiger partial charge in [-0.05, 0) is 43.7 Å². The fourth-order valence-corrected chi connectivity index (χ4v) is 4.73. The van der Waals surface area contributed by atoms with E-state index in [1.165, 1.54) is 0 Å². The van der Waals surface area contributed by atoms with Crippen LogP contribution >= 0.6 is 11.3 Å². The van der Waals surface area contributed by atoms with E-state index in [2.05, 4.69) is 15.6 Å². The van der Waals surface area contributed by atoms with Crippen molar-refractivity contribution >= 4 is 34.9 Å². The summed E-state index contributed by atoms with van der Waals surface area (Å²) in [7, 11) is 0. The number of carbonyl (C=O) groups excluding carboxylic acids is 3. The van der Waals surface area contributed by atoms with Gasteiger partial charge in [0, 0.05) is 23.1 Å². The van der Waals surface area contributed by atoms with Crippen LogP contribution in [0.15, 0.2) is 47.8 Å². The molecule has 0 aliphatic carbocycles. The number of aromatic nitrogens is 1. The van der Waals surface area contributed by atoms with E-state index in [1.807, 2.05) is 24.4 Å². The normalized spacial score (nSPS) is 19.3. The molecule has 1 unspecified atom stereocenters. The van der Waals surface area contributed by atoms with E-state index in [-0.39, 0.29) is 0 Å². The summed E-state index contributed by atoms with van der Waals surface area (Å²) >= 11 is 1.55. The Bertz CT molecular complexity index is 1320. The number of urea groups is 1. The van der Waals surface area contributed by atoms with E-state index in [1.54, 1.807) is 48.6 Å². The number of nitrogens with zero attached hydrogens (tertiary/aromatic N) is 2. The standard InChI is InChI=1S/C25H24N4O5S/c1-15-26-19(14-35-15)16-5-3-6-18(11-16)27-22(30)13-29-23(31)25(2,28-24(29)32)17-7-8-20-21(12-17)34-10-4-9-33-20/h3,5-8,11-12,14H,4,9-10,13H2,1-2H3,(H,27,30)(H,28,32). The zero-order valence-corrected chi connectivity index (χ0v) is 20.1. The molecule has 0 bridgehead atoms. The van der Waals surface area contributed by atoms with Crippen LogP contribution in [0.25, 0.3) is 11.3 Å². The number of carbonyl (C=O) groups is 3. The van der Waals surface area contributed by atoms with Gasteiger partial charge in [-0.3, -0.25) is 14.5 Å². The number of nitrogens with one attached hydrogen (secondary N) is 2. The molecule has 1 atom stereocenters. The van der Waals surface area contributed by atoms with Crippen LogP contribution in [0, 0.1) is 6.92 Å². The van der Waals surface area contributed by atoms with Crippen molar-refractivity contribution in [3.63, 3.8) is 0 Å². The summed E-state index contributed by atoms with van der Waals surface area (Å²) in [5.41, 5.74) is 1.46. The zero-order valence-electron chi connectivity index (χ0n) is 19.3. The highest BCUT2D eigenvalue weighted by Gasteiger charge is 2.49. The number of thiazole rings is 1. The van der Waals surface area contributed by atoms with E-state index in [4.69, 9.17) is 9.47 Å². The van der Waals surface area contributed by atoms with Gasteiger partial charge in [0.1, 0.15) is 12.1 Å². The number of amides is 4. The number of fused-ring (bicyclic) bond motifs is 1. The molecule has 4 amide bonds. The summed E-state index contributed by atoms with van der Waals surface area (Å²) < 4.78 is 11.4. The van der Waals surface area contributed by atoms with E-state index in [0.717, 1.165) is 27.6 Å². The molecule has 0 saturated carbocycles. The molecule has 3 heterocycles. The zero-order chi connectivity index (χ0) is 24.6. The number of rotatable bonds is 5. The second kappa shape index (κ2) is 9.03. The van der Waals surface area contributed by atoms with Crippen LogP contribution in [0.3, 0.4) is 0 Å². The summed E-state index contributed by atoms with van der Waals surface area (Å²) in [5, 5.41) is 8.39. The first-order valence-corrected chi connectivity index (χ1v) is 12.1. The number of hydrogen-bond acceptors (Lipinski definition) is 7. The van der Waals surface area contributed by atoms with Gasteiger partial charge >= 0.3 is 6.03 Å². The van der Waals surface area contributed by atoms with E-state index >= 15 is 0 Å². The van der Waals surface area contributed by atoms with Crippen molar-refractivity contribution in [2.45, 2.75) is 25.8 Å². The van der Waals surface area contributed by atoms with Gasteiger partial charge < -0.3 is 20.1 Å². The third-order valence-electron chi connectivity index (χ3n) is 5.96. The van der Waals surface area contributed by atoms with Crippen LogP contribution < -0.4 is 20.1 Å². The molecule has 1 saturated heterocycles. The predicted octanol–water partition coefficient (Wildman–Crippen LogP) is 3.69. The lowest BCUT2D eigenvalue weighted by Gasteiger charge is -2.23. The minimum absolute atomic E-state index is 0.412. The first-order valence-electron chi connectivity index (χ1n) is 11.2. The average Bonchev–Trinajstić information content (AvgIpc) is 3.25. The Hall–Kier alpha value is -3.92. The summed E-state index contributed by atoms with van der Waals surface area (Å²) in [6.45, 7) is 4.18. The first-order chi connectivity index (χ1) is 16.8. The third-order valence-corrected chi connectivity index (χ3v) is 6.74. The SMILES string of the molecule is Cc1nc(-c2cccc(NC(=O)CN3C(=O)NC(C)(c4ccc5c(c4)OCCCO5)C3=O)c2)cs1. The monoisotopic (exact) mass is 492 g/mol. The highest BCUT2D eigenvalue weighted by atomic mass is 32.1. The van der Waals surface area contributed by atoms with Crippen LogP contribution in [0.2, 0.25) is 0 Å². The Labute approximate surface area is 206 Å². The van der Waals surface area contributed by atoms with Gasteiger partial charge in [-0.2, -0.15) is 0 Å². The number of benzene rings is 2. The second-order valence-corrected chi connectivity index (χ2v) is 9.60. The number of anilines is 1. The smallest absolute Gasteiger partial charge is 0.325 e. The Balaban J connectivity index is 1.30. The molecule has 2 aliphatic rings. The summed E-state index contributed by atoms with van der Waals surface area (Å²) in [4.78, 5) is 44.1. The molecule has 35 heavy (non-hydrogen) atoms. The van der Waals surface area contributed by atoms with Crippen LogP contribution in [0.1, 0.15) is 23.9 Å². The highest BCUT2D eigenvalue weighted by molar-refractivity contribution is 7.09. The Morgan fingerprint density at radius 1 is 1.17 bits per heavy atom. The molecule has 180 valence electrons. The van der Waals surface area contributed by atoms with Gasteiger partial charge in [0.2, 0.25) is 5.91 Å². The maximum atomic E-state index is 13.3. The minimum Gasteiger partial charge on any atom is -0.490 e. The minimum atomic E-state index is -1.33. The van der Waals surface area contributed by atoms with Crippen molar-refractivity contribution in [2.75, 3.05) is 25.1 Å². The molecule has 3 aromatic rings. The highest BCUT2D eigenvalue weighted by Crippen LogP contribution is 2.36. The Kier molecular flexibility index (Phi) is 5.89. The molecule has 2 N–H and O–H groups in total. The van der Waals surface area contributed by atoms with Gasteiger partial charge in [0.25, 0.3) is 5.91 Å². The molecule has 9 nitrogen and oxygen atoms in total. The lowest BCUT2D eigenvalue weighted by Crippen LogP contribution is -2.42. The third kappa shape index (κ3) is 4.44. The molecule has 0 radical (unpaired) electrons. The topological polar surface area (TPSA) is 110 Å². The van der Waals surface area contributed by atoms with Crippen molar-refractivity contribution in [2.24, 2.45) is 0 Å². The van der Waals surface area contributed by atoms with Gasteiger partial charge in [-0.25, -0.2) is 9.78 Å². The average molecular weight is 493 g/mol. The Morgan fingerprint density at radius 2 is 1.97 bits per heavy atom. The van der Waals surface area contributed by atoms with Crippen molar-refractivity contribution in [3.05, 3.63) is 58.4 Å². The van der Waals surface area contributed by atoms with Gasteiger partial charge in [-0.1, -0.05) is 18.2 Å². The Morgan fingerprint density at radius 3 is 2.74 bits per heavy atom. The summed E-state index contributed by atoms with van der Waals surface area (Å²) in [6.07, 6.45) is 0.756. The molecule has 0 spiro atoms. The van der Waals surface area contributed by atoms with Crippen molar-refractivity contribution < 1.29 is 23.9 Å². The molecule has 1 fully saturated rings. The fraction of sp³-hybridized carbons (Fsp3) is 0.280. The fourth-order valence-electron chi connectivity index (χ4n) is 4.11. The van der Waals surface area contributed by atoms with E-state index < -0.39 is 29.9 Å². The van der Waals surface area contributed by atoms with Gasteiger partial charge in [0.15, 0.2) is 11.5 Å². The largest absolute Gasteiger partial charge is 0.490 e. The van der Waals surface area contributed by atoms with Crippen molar-refractivity contribution in [1.29, 1.82) is 0 Å². The predicted molar refractivity (Wildman–Crippen MR) is 131 cm³/mol. The number of aryl methyl sites for hydroxylation is 1. The maximum absolute atomic E-state index is 13.3. The van der Waals surface area contributed by atoms with E-state index in [0.29, 0.717) is 36.0 Å². The molecule has 2 aromatic carbocycles. The van der Waals surface area contributed by atoms with Crippen LogP contribution in [0.5, 0.6) is 11.5 Å². The van der Waals surface area contributed by atoms with Gasteiger partial charge in [0.05, 0.1) is 23.9 Å². The number of hydrogen-bond donors (Lipinski definition) is 2. The molecule has 1 aromatic heterocycles. The van der Waals surface area contributed by atoms with Crippen molar-refractivity contribution in [3.8, 4) is 22.8 Å².